The molecule has 1 N–H and O–H groups in total. The second-order valence-corrected chi connectivity index (χ2v) is 6.69. The maximum atomic E-state index is 12.2. The molecular weight excluding hydrogens is 304 g/mol. The van der Waals surface area contributed by atoms with Gasteiger partial charge in [-0.2, -0.15) is 0 Å². The van der Waals surface area contributed by atoms with Crippen molar-refractivity contribution in [2.24, 2.45) is 0 Å². The summed E-state index contributed by atoms with van der Waals surface area (Å²) in [5, 5.41) is 3.08. The zero-order chi connectivity index (χ0) is 16.7. The zero-order valence-corrected chi connectivity index (χ0v) is 14.8. The van der Waals surface area contributed by atoms with Crippen molar-refractivity contribution in [2.45, 2.75) is 39.0 Å². The lowest BCUT2D eigenvalue weighted by molar-refractivity contribution is -0.119. The molecule has 4 heteroatoms. The molecule has 0 saturated heterocycles. The van der Waals surface area contributed by atoms with Gasteiger partial charge in [-0.05, 0) is 43.0 Å². The van der Waals surface area contributed by atoms with E-state index in [0.29, 0.717) is 5.75 Å². The van der Waals surface area contributed by atoms with Crippen molar-refractivity contribution in [3.05, 3.63) is 65.0 Å². The minimum absolute atomic E-state index is 0.0119. The van der Waals surface area contributed by atoms with Crippen LogP contribution in [0.15, 0.2) is 42.6 Å². The fraction of sp³-hybridized carbons (Fsp3) is 0.368. The molecule has 2 aromatic rings. The van der Waals surface area contributed by atoms with Crippen LogP contribution < -0.4 is 5.32 Å². The molecule has 0 fully saturated rings. The number of pyridine rings is 1. The van der Waals surface area contributed by atoms with Gasteiger partial charge in [0.2, 0.25) is 5.91 Å². The summed E-state index contributed by atoms with van der Waals surface area (Å²) in [6.07, 6.45) is 2.68. The number of hydrogen-bond donors (Lipinski definition) is 1. The highest BCUT2D eigenvalue weighted by atomic mass is 32.2. The number of carbonyl (C=O) groups is 1. The Kier molecular flexibility index (Phi) is 6.66. The van der Waals surface area contributed by atoms with E-state index in [1.165, 1.54) is 11.1 Å². The molecule has 0 aliphatic heterocycles. The van der Waals surface area contributed by atoms with Crippen molar-refractivity contribution in [1.29, 1.82) is 0 Å². The first-order valence-electron chi connectivity index (χ1n) is 7.94. The average Bonchev–Trinajstić information content (AvgIpc) is 2.55. The van der Waals surface area contributed by atoms with Gasteiger partial charge in [0.25, 0.3) is 0 Å². The molecule has 1 amide bonds. The Labute approximate surface area is 142 Å². The van der Waals surface area contributed by atoms with Crippen LogP contribution in [0.2, 0.25) is 0 Å². The molecule has 0 radical (unpaired) electrons. The van der Waals surface area contributed by atoms with Gasteiger partial charge >= 0.3 is 0 Å². The highest BCUT2D eigenvalue weighted by Crippen LogP contribution is 2.17. The average molecular weight is 328 g/mol. The van der Waals surface area contributed by atoms with Crippen LogP contribution in [0, 0.1) is 13.8 Å². The van der Waals surface area contributed by atoms with Gasteiger partial charge in [0.05, 0.1) is 17.5 Å². The van der Waals surface area contributed by atoms with Crippen LogP contribution in [0.3, 0.4) is 0 Å². The van der Waals surface area contributed by atoms with E-state index < -0.39 is 0 Å². The standard InChI is InChI=1S/C19H24N2OS/c1-4-17(18-10-9-14(2)11-20-18)21-19(22)13-23-12-16-8-6-5-7-15(16)3/h5-11,17H,4,12-13H2,1-3H3,(H,21,22)/t17-/m1/s1. The monoisotopic (exact) mass is 328 g/mol. The largest absolute Gasteiger partial charge is 0.347 e. The normalized spacial score (nSPS) is 12.0. The third kappa shape index (κ3) is 5.39. The van der Waals surface area contributed by atoms with E-state index in [-0.39, 0.29) is 11.9 Å². The lowest BCUT2D eigenvalue weighted by atomic mass is 10.1. The number of thioether (sulfide) groups is 1. The Morgan fingerprint density at radius 3 is 2.65 bits per heavy atom. The summed E-state index contributed by atoms with van der Waals surface area (Å²) in [5.41, 5.74) is 4.62. The molecule has 0 aliphatic rings. The molecule has 2 rings (SSSR count). The van der Waals surface area contributed by atoms with E-state index in [1.54, 1.807) is 11.8 Å². The van der Waals surface area contributed by atoms with Crippen LogP contribution in [0.1, 0.15) is 41.8 Å². The SMILES string of the molecule is CC[C@@H](NC(=O)CSCc1ccccc1C)c1ccc(C)cn1. The fourth-order valence-electron chi connectivity index (χ4n) is 2.33. The number of aromatic nitrogens is 1. The Balaban J connectivity index is 1.83. The highest BCUT2D eigenvalue weighted by molar-refractivity contribution is 7.99. The second-order valence-electron chi connectivity index (χ2n) is 5.71. The second kappa shape index (κ2) is 8.73. The first-order chi connectivity index (χ1) is 11.1. The highest BCUT2D eigenvalue weighted by Gasteiger charge is 2.13. The lowest BCUT2D eigenvalue weighted by Crippen LogP contribution is -2.30. The van der Waals surface area contributed by atoms with Gasteiger partial charge in [-0.15, -0.1) is 11.8 Å². The fourth-order valence-corrected chi connectivity index (χ4v) is 3.25. The van der Waals surface area contributed by atoms with E-state index in [4.69, 9.17) is 0 Å². The van der Waals surface area contributed by atoms with Gasteiger partial charge in [-0.3, -0.25) is 9.78 Å². The molecular formula is C19H24N2OS. The summed E-state index contributed by atoms with van der Waals surface area (Å²) in [5.74, 6) is 1.40. The molecule has 1 aromatic carbocycles. The summed E-state index contributed by atoms with van der Waals surface area (Å²) < 4.78 is 0. The number of amides is 1. The third-order valence-electron chi connectivity index (χ3n) is 3.79. The van der Waals surface area contributed by atoms with Crippen molar-refractivity contribution in [3.8, 4) is 0 Å². The number of carbonyl (C=O) groups excluding carboxylic acids is 1. The summed E-state index contributed by atoms with van der Waals surface area (Å²) in [4.78, 5) is 16.6. The lowest BCUT2D eigenvalue weighted by Gasteiger charge is -2.16. The van der Waals surface area contributed by atoms with Gasteiger partial charge < -0.3 is 5.32 Å². The molecule has 3 nitrogen and oxygen atoms in total. The predicted molar refractivity (Wildman–Crippen MR) is 97.5 cm³/mol. The van der Waals surface area contributed by atoms with Crippen molar-refractivity contribution in [1.82, 2.24) is 10.3 Å². The number of benzene rings is 1. The van der Waals surface area contributed by atoms with E-state index in [0.717, 1.165) is 23.4 Å². The smallest absolute Gasteiger partial charge is 0.230 e. The number of aryl methyl sites for hydroxylation is 2. The van der Waals surface area contributed by atoms with Crippen molar-refractivity contribution in [3.63, 3.8) is 0 Å². The molecule has 1 aromatic heterocycles. The molecule has 0 aliphatic carbocycles. The van der Waals surface area contributed by atoms with Crippen LogP contribution >= 0.6 is 11.8 Å². The van der Waals surface area contributed by atoms with Gasteiger partial charge in [-0.1, -0.05) is 37.3 Å². The Bertz CT molecular complexity index is 640. The molecule has 23 heavy (non-hydrogen) atoms. The van der Waals surface area contributed by atoms with Gasteiger partial charge in [-0.25, -0.2) is 0 Å². The summed E-state index contributed by atoms with van der Waals surface area (Å²) in [7, 11) is 0. The van der Waals surface area contributed by atoms with Crippen LogP contribution in [-0.2, 0) is 10.5 Å². The minimum Gasteiger partial charge on any atom is -0.347 e. The maximum Gasteiger partial charge on any atom is 0.230 e. The van der Waals surface area contributed by atoms with Crippen LogP contribution in [0.25, 0.3) is 0 Å². The van der Waals surface area contributed by atoms with Crippen molar-refractivity contribution < 1.29 is 4.79 Å². The number of nitrogens with zero attached hydrogens (tertiary/aromatic N) is 1. The first kappa shape index (κ1) is 17.5. The Morgan fingerprint density at radius 1 is 1.22 bits per heavy atom. The Hall–Kier alpha value is -1.81. The van der Waals surface area contributed by atoms with Crippen LogP contribution in [0.4, 0.5) is 0 Å². The van der Waals surface area contributed by atoms with Crippen molar-refractivity contribution in [2.75, 3.05) is 5.75 Å². The van der Waals surface area contributed by atoms with Crippen LogP contribution in [0.5, 0.6) is 0 Å². The molecule has 0 bridgehead atoms. The third-order valence-corrected chi connectivity index (χ3v) is 4.77. The van der Waals surface area contributed by atoms with Gasteiger partial charge in [0.15, 0.2) is 0 Å². The summed E-state index contributed by atoms with van der Waals surface area (Å²) in [6, 6.07) is 12.3. The molecule has 0 spiro atoms. The zero-order valence-electron chi connectivity index (χ0n) is 14.0. The van der Waals surface area contributed by atoms with E-state index in [2.05, 4.69) is 36.3 Å². The van der Waals surface area contributed by atoms with Gasteiger partial charge in [0.1, 0.15) is 0 Å². The maximum absolute atomic E-state index is 12.2. The molecule has 0 saturated carbocycles. The van der Waals surface area contributed by atoms with Crippen LogP contribution in [-0.4, -0.2) is 16.6 Å². The molecule has 122 valence electrons. The molecule has 1 heterocycles. The molecule has 0 unspecified atom stereocenters. The van der Waals surface area contributed by atoms with E-state index in [9.17, 15) is 4.79 Å². The molecule has 1 atom stereocenters. The first-order valence-corrected chi connectivity index (χ1v) is 9.09. The van der Waals surface area contributed by atoms with Crippen molar-refractivity contribution >= 4 is 17.7 Å². The quantitative estimate of drug-likeness (QED) is 0.828. The summed E-state index contributed by atoms with van der Waals surface area (Å²) in [6.45, 7) is 6.18. The number of hydrogen-bond acceptors (Lipinski definition) is 3. The Morgan fingerprint density at radius 2 is 2.00 bits per heavy atom. The van der Waals surface area contributed by atoms with E-state index in [1.807, 2.05) is 37.4 Å². The predicted octanol–water partition coefficient (Wildman–Crippen LogP) is 4.20. The van der Waals surface area contributed by atoms with E-state index >= 15 is 0 Å². The minimum atomic E-state index is -0.0119. The summed E-state index contributed by atoms with van der Waals surface area (Å²) >= 11 is 1.65. The topological polar surface area (TPSA) is 42.0 Å². The number of rotatable bonds is 7. The number of nitrogens with one attached hydrogen (secondary N) is 1. The van der Waals surface area contributed by atoms with Gasteiger partial charge in [0, 0.05) is 11.9 Å².